The lowest BCUT2D eigenvalue weighted by molar-refractivity contribution is -0.132. The van der Waals surface area contributed by atoms with E-state index in [1.165, 1.54) is 17.3 Å². The molecule has 3 heterocycles. The average Bonchev–Trinajstić information content (AvgIpc) is 3.37. The summed E-state index contributed by atoms with van der Waals surface area (Å²) >= 11 is 0. The van der Waals surface area contributed by atoms with E-state index in [1.807, 2.05) is 69.2 Å². The number of ketones is 1. The number of aromatic nitrogens is 3. The van der Waals surface area contributed by atoms with Crippen LogP contribution < -0.4 is 9.80 Å². The minimum Gasteiger partial charge on any atom is -0.507 e. The number of aliphatic hydroxyl groups excluding tert-OH is 1. The van der Waals surface area contributed by atoms with Crippen molar-refractivity contribution in [1.29, 1.82) is 0 Å². The van der Waals surface area contributed by atoms with E-state index >= 15 is 0 Å². The van der Waals surface area contributed by atoms with Crippen LogP contribution in [-0.4, -0.2) is 45.8 Å². The number of carbonyl (C=O) groups is 2. The maximum atomic E-state index is 13.4. The van der Waals surface area contributed by atoms with Crippen LogP contribution in [0.4, 0.5) is 11.6 Å². The quantitative estimate of drug-likeness (QED) is 0.264. The largest absolute Gasteiger partial charge is 0.507 e. The number of aromatic amines is 1. The number of Topliss-reactive ketones (excluding diaryl/α,β-unsaturated/α-hetero) is 1. The summed E-state index contributed by atoms with van der Waals surface area (Å²) in [5.41, 5.74) is 5.68. The van der Waals surface area contributed by atoms with Crippen molar-refractivity contribution in [2.45, 2.75) is 19.9 Å². The first-order valence-electron chi connectivity index (χ1n) is 11.2. The molecule has 1 unspecified atom stereocenters. The highest BCUT2D eigenvalue weighted by Gasteiger charge is 2.48. The molecule has 0 radical (unpaired) electrons. The van der Waals surface area contributed by atoms with Crippen molar-refractivity contribution in [2.75, 3.05) is 23.9 Å². The number of H-pyrrole nitrogens is 1. The van der Waals surface area contributed by atoms with Gasteiger partial charge in [0, 0.05) is 37.7 Å². The van der Waals surface area contributed by atoms with Crippen LogP contribution in [0.25, 0.3) is 16.8 Å². The lowest BCUT2D eigenvalue weighted by Crippen LogP contribution is -2.30. The molecule has 1 amide bonds. The predicted octanol–water partition coefficient (Wildman–Crippen LogP) is 4.27. The maximum absolute atomic E-state index is 13.4. The number of rotatable bonds is 4. The van der Waals surface area contributed by atoms with Gasteiger partial charge in [-0.15, -0.1) is 0 Å². The Bertz CT molecular complexity index is 1450. The Balaban J connectivity index is 1.72. The number of hydrogen-bond donors (Lipinski definition) is 2. The van der Waals surface area contributed by atoms with E-state index < -0.39 is 17.7 Å². The van der Waals surface area contributed by atoms with E-state index in [9.17, 15) is 14.7 Å². The van der Waals surface area contributed by atoms with Crippen molar-refractivity contribution in [3.05, 3.63) is 88.8 Å². The fourth-order valence-corrected chi connectivity index (χ4v) is 4.36. The molecule has 4 aromatic rings. The van der Waals surface area contributed by atoms with Crippen LogP contribution in [-0.2, 0) is 9.59 Å². The van der Waals surface area contributed by atoms with Gasteiger partial charge in [0.1, 0.15) is 5.76 Å². The third kappa shape index (κ3) is 3.73. The summed E-state index contributed by atoms with van der Waals surface area (Å²) in [7, 11) is 3.87. The van der Waals surface area contributed by atoms with Crippen LogP contribution in [0.5, 0.6) is 0 Å². The number of nitrogens with one attached hydrogen (secondary N) is 1. The molecule has 8 nitrogen and oxygen atoms in total. The van der Waals surface area contributed by atoms with Gasteiger partial charge in [-0.25, -0.2) is 4.98 Å². The molecule has 35 heavy (non-hydrogen) atoms. The molecular formula is C27H25N5O3. The number of benzene rings is 2. The SMILES string of the molecule is Cc1cc2nc(N3C(=O)C(=O)/C(=C(/O)c4ccncc4)C3c3ccc(N(C)C)cc3)[nH]c2cc1C. The van der Waals surface area contributed by atoms with Gasteiger partial charge in [-0.05, 0) is 66.9 Å². The van der Waals surface area contributed by atoms with Gasteiger partial charge in [0.25, 0.3) is 5.78 Å². The summed E-state index contributed by atoms with van der Waals surface area (Å²) in [4.78, 5) is 41.8. The maximum Gasteiger partial charge on any atom is 0.302 e. The standard InChI is InChI=1S/C27H25N5O3/c1-15-13-20-21(14-16(15)2)30-27(29-20)32-23(17-5-7-19(8-6-17)31(3)4)22(25(34)26(32)35)24(33)18-9-11-28-12-10-18/h5-14,23,33H,1-4H3,(H,29,30)/b24-22+. The Kier molecular flexibility index (Phi) is 5.36. The minimum absolute atomic E-state index is 0.00613. The predicted molar refractivity (Wildman–Crippen MR) is 135 cm³/mol. The first-order chi connectivity index (χ1) is 16.8. The lowest BCUT2D eigenvalue weighted by atomic mass is 9.95. The van der Waals surface area contributed by atoms with Crippen LogP contribution in [0.15, 0.2) is 66.5 Å². The van der Waals surface area contributed by atoms with Crippen molar-refractivity contribution >= 4 is 40.1 Å². The van der Waals surface area contributed by atoms with Gasteiger partial charge in [-0.1, -0.05) is 12.1 Å². The number of aliphatic hydroxyl groups is 1. The summed E-state index contributed by atoms with van der Waals surface area (Å²) in [6.07, 6.45) is 3.05. The number of carbonyl (C=O) groups excluding carboxylic acids is 2. The van der Waals surface area contributed by atoms with E-state index in [2.05, 4.69) is 15.0 Å². The number of anilines is 2. The van der Waals surface area contributed by atoms with Crippen LogP contribution in [0.2, 0.25) is 0 Å². The number of fused-ring (bicyclic) bond motifs is 1. The molecule has 2 aromatic heterocycles. The van der Waals surface area contributed by atoms with Gasteiger partial charge in [0.15, 0.2) is 0 Å². The molecule has 2 aromatic carbocycles. The van der Waals surface area contributed by atoms with Crippen molar-refractivity contribution in [3.8, 4) is 0 Å². The number of nitrogens with zero attached hydrogens (tertiary/aromatic N) is 4. The molecule has 1 atom stereocenters. The van der Waals surface area contributed by atoms with Gasteiger partial charge >= 0.3 is 5.91 Å². The Morgan fingerprint density at radius 1 is 1.00 bits per heavy atom. The Hall–Kier alpha value is -4.46. The van der Waals surface area contributed by atoms with Crippen LogP contribution in [0.3, 0.4) is 0 Å². The second kappa shape index (κ2) is 8.39. The highest BCUT2D eigenvalue weighted by molar-refractivity contribution is 6.51. The second-order valence-corrected chi connectivity index (χ2v) is 8.90. The highest BCUT2D eigenvalue weighted by Crippen LogP contribution is 2.42. The summed E-state index contributed by atoms with van der Waals surface area (Å²) in [6, 6.07) is 13.8. The van der Waals surface area contributed by atoms with Gasteiger partial charge in [0.05, 0.1) is 22.6 Å². The van der Waals surface area contributed by atoms with Gasteiger partial charge in [-0.3, -0.25) is 19.5 Å². The molecule has 1 fully saturated rings. The van der Waals surface area contributed by atoms with Crippen LogP contribution in [0.1, 0.15) is 28.3 Å². The molecule has 1 aliphatic rings. The zero-order valence-corrected chi connectivity index (χ0v) is 19.9. The highest BCUT2D eigenvalue weighted by atomic mass is 16.3. The number of pyridine rings is 1. The van der Waals surface area contributed by atoms with Crippen LogP contribution >= 0.6 is 0 Å². The molecule has 2 N–H and O–H groups in total. The fourth-order valence-electron chi connectivity index (χ4n) is 4.36. The van der Waals surface area contributed by atoms with Crippen molar-refractivity contribution < 1.29 is 14.7 Å². The van der Waals surface area contributed by atoms with Crippen molar-refractivity contribution in [3.63, 3.8) is 0 Å². The Morgan fingerprint density at radius 2 is 1.66 bits per heavy atom. The first-order valence-corrected chi connectivity index (χ1v) is 11.2. The molecule has 1 saturated heterocycles. The molecule has 1 aliphatic heterocycles. The van der Waals surface area contributed by atoms with Gasteiger partial charge in [0.2, 0.25) is 5.95 Å². The third-order valence-corrected chi connectivity index (χ3v) is 6.44. The Labute approximate surface area is 202 Å². The van der Waals surface area contributed by atoms with Gasteiger partial charge < -0.3 is 15.0 Å². The minimum atomic E-state index is -0.859. The number of hydrogen-bond acceptors (Lipinski definition) is 6. The van der Waals surface area contributed by atoms with E-state index in [1.54, 1.807) is 12.1 Å². The van der Waals surface area contributed by atoms with Crippen LogP contribution in [0, 0.1) is 13.8 Å². The number of amides is 1. The number of aryl methyl sites for hydroxylation is 2. The molecule has 176 valence electrons. The monoisotopic (exact) mass is 467 g/mol. The smallest absolute Gasteiger partial charge is 0.302 e. The normalized spacial score (nSPS) is 17.4. The summed E-state index contributed by atoms with van der Waals surface area (Å²) in [5, 5.41) is 11.2. The fraction of sp³-hybridized carbons (Fsp3) is 0.185. The number of imidazole rings is 1. The van der Waals surface area contributed by atoms with E-state index in [-0.39, 0.29) is 17.3 Å². The molecule has 0 saturated carbocycles. The molecular weight excluding hydrogens is 442 g/mol. The van der Waals surface area contributed by atoms with E-state index in [0.717, 1.165) is 22.3 Å². The Morgan fingerprint density at radius 3 is 2.31 bits per heavy atom. The first kappa shape index (κ1) is 22.3. The van der Waals surface area contributed by atoms with E-state index in [4.69, 9.17) is 0 Å². The van der Waals surface area contributed by atoms with E-state index in [0.29, 0.717) is 16.6 Å². The molecule has 8 heteroatoms. The van der Waals surface area contributed by atoms with Gasteiger partial charge in [-0.2, -0.15) is 0 Å². The second-order valence-electron chi connectivity index (χ2n) is 8.90. The average molecular weight is 468 g/mol. The summed E-state index contributed by atoms with van der Waals surface area (Å²) in [6.45, 7) is 4.00. The molecule has 0 spiro atoms. The topological polar surface area (TPSA) is 102 Å². The molecule has 5 rings (SSSR count). The zero-order valence-electron chi connectivity index (χ0n) is 19.9. The van der Waals surface area contributed by atoms with Crippen molar-refractivity contribution in [1.82, 2.24) is 15.0 Å². The van der Waals surface area contributed by atoms with Crippen molar-refractivity contribution in [2.24, 2.45) is 0 Å². The lowest BCUT2D eigenvalue weighted by Gasteiger charge is -2.23. The molecule has 0 aliphatic carbocycles. The molecule has 0 bridgehead atoms. The third-order valence-electron chi connectivity index (χ3n) is 6.44. The zero-order chi connectivity index (χ0) is 24.9. The summed E-state index contributed by atoms with van der Waals surface area (Å²) in [5.74, 6) is -1.52. The summed E-state index contributed by atoms with van der Waals surface area (Å²) < 4.78 is 0.